The van der Waals surface area contributed by atoms with E-state index in [9.17, 15) is 0 Å². The molecule has 1 nitrogen and oxygen atoms in total. The Hall–Kier alpha value is -2.77. The SMILES string of the molecule is Clc1ccc(C2Cc3c(-c4ccccc4)cc4ccccc4c3O2)cc1. The summed E-state index contributed by atoms with van der Waals surface area (Å²) in [5.74, 6) is 1.02. The number of hydrogen-bond donors (Lipinski definition) is 0. The predicted molar refractivity (Wildman–Crippen MR) is 108 cm³/mol. The van der Waals surface area contributed by atoms with E-state index in [2.05, 4.69) is 72.8 Å². The maximum absolute atomic E-state index is 6.47. The lowest BCUT2D eigenvalue weighted by Crippen LogP contribution is -2.02. The first kappa shape index (κ1) is 15.5. The van der Waals surface area contributed by atoms with Gasteiger partial charge in [0.1, 0.15) is 11.9 Å². The van der Waals surface area contributed by atoms with E-state index in [0.29, 0.717) is 0 Å². The van der Waals surface area contributed by atoms with Crippen molar-refractivity contribution in [2.24, 2.45) is 0 Å². The van der Waals surface area contributed by atoms with Gasteiger partial charge in [0.2, 0.25) is 0 Å². The monoisotopic (exact) mass is 356 g/mol. The van der Waals surface area contributed by atoms with Gasteiger partial charge in [-0.1, -0.05) is 78.3 Å². The van der Waals surface area contributed by atoms with Crippen molar-refractivity contribution in [3.05, 3.63) is 101 Å². The smallest absolute Gasteiger partial charge is 0.132 e. The predicted octanol–water partition coefficient (Wildman–Crippen LogP) is 6.84. The third-order valence-corrected chi connectivity index (χ3v) is 5.33. The van der Waals surface area contributed by atoms with Crippen LogP contribution >= 0.6 is 11.6 Å². The molecule has 1 heterocycles. The van der Waals surface area contributed by atoms with Gasteiger partial charge in [-0.05, 0) is 40.3 Å². The Kier molecular flexibility index (Phi) is 3.69. The highest BCUT2D eigenvalue weighted by Crippen LogP contribution is 2.46. The van der Waals surface area contributed by atoms with Crippen LogP contribution in [0.2, 0.25) is 5.02 Å². The second-order valence-electron chi connectivity index (χ2n) is 6.68. The average Bonchev–Trinajstić information content (AvgIpc) is 3.14. The van der Waals surface area contributed by atoms with Crippen LogP contribution in [0.15, 0.2) is 84.9 Å². The fraction of sp³-hybridized carbons (Fsp3) is 0.0833. The quantitative estimate of drug-likeness (QED) is 0.382. The average molecular weight is 357 g/mol. The fourth-order valence-corrected chi connectivity index (χ4v) is 3.93. The maximum Gasteiger partial charge on any atom is 0.132 e. The minimum absolute atomic E-state index is 0.0236. The second-order valence-corrected chi connectivity index (χ2v) is 7.12. The lowest BCUT2D eigenvalue weighted by Gasteiger charge is -2.12. The van der Waals surface area contributed by atoms with Crippen LogP contribution < -0.4 is 4.74 Å². The van der Waals surface area contributed by atoms with Crippen LogP contribution in [0.25, 0.3) is 21.9 Å². The molecule has 1 aliphatic heterocycles. The van der Waals surface area contributed by atoms with E-state index in [0.717, 1.165) is 22.8 Å². The highest BCUT2D eigenvalue weighted by Gasteiger charge is 2.29. The first-order valence-electron chi connectivity index (χ1n) is 8.82. The van der Waals surface area contributed by atoms with Gasteiger partial charge in [-0.2, -0.15) is 0 Å². The van der Waals surface area contributed by atoms with Crippen LogP contribution in [0.5, 0.6) is 5.75 Å². The molecular formula is C24H17ClO. The molecule has 1 atom stereocenters. The van der Waals surface area contributed by atoms with Crippen LogP contribution in [0.3, 0.4) is 0 Å². The standard InChI is InChI=1S/C24H17ClO/c25-19-12-10-17(11-13-19)23-15-22-21(16-6-2-1-3-7-16)14-18-8-4-5-9-20(18)24(22)26-23/h1-14,23H,15H2. The molecule has 0 spiro atoms. The summed E-state index contributed by atoms with van der Waals surface area (Å²) in [6.45, 7) is 0. The van der Waals surface area contributed by atoms with Gasteiger partial charge in [-0.15, -0.1) is 0 Å². The van der Waals surface area contributed by atoms with Crippen molar-refractivity contribution in [1.29, 1.82) is 0 Å². The molecule has 5 rings (SSSR count). The minimum atomic E-state index is 0.0236. The summed E-state index contributed by atoms with van der Waals surface area (Å²) >= 11 is 6.05. The number of benzene rings is 4. The number of ether oxygens (including phenoxy) is 1. The van der Waals surface area contributed by atoms with Gasteiger partial charge in [0.05, 0.1) is 0 Å². The number of halogens is 1. The zero-order valence-electron chi connectivity index (χ0n) is 14.2. The summed E-state index contributed by atoms with van der Waals surface area (Å²) in [5.41, 5.74) is 4.94. The Morgan fingerprint density at radius 3 is 2.35 bits per heavy atom. The summed E-state index contributed by atoms with van der Waals surface area (Å²) in [6.07, 6.45) is 0.891. The van der Waals surface area contributed by atoms with E-state index < -0.39 is 0 Å². The van der Waals surface area contributed by atoms with Crippen LogP contribution in [-0.2, 0) is 6.42 Å². The summed E-state index contributed by atoms with van der Waals surface area (Å²) in [7, 11) is 0. The molecule has 0 bridgehead atoms. The third kappa shape index (κ3) is 2.56. The molecular weight excluding hydrogens is 340 g/mol. The second kappa shape index (κ2) is 6.19. The van der Waals surface area contributed by atoms with Crippen molar-refractivity contribution < 1.29 is 4.74 Å². The molecule has 0 fully saturated rings. The maximum atomic E-state index is 6.47. The van der Waals surface area contributed by atoms with E-state index in [1.165, 1.54) is 27.5 Å². The Labute approximate surface area is 157 Å². The van der Waals surface area contributed by atoms with Crippen molar-refractivity contribution in [2.75, 3.05) is 0 Å². The van der Waals surface area contributed by atoms with Gasteiger partial charge in [0.25, 0.3) is 0 Å². The molecule has 26 heavy (non-hydrogen) atoms. The fourth-order valence-electron chi connectivity index (χ4n) is 3.80. The molecule has 0 N–H and O–H groups in total. The lowest BCUT2D eigenvalue weighted by molar-refractivity contribution is 0.241. The first-order chi connectivity index (χ1) is 12.8. The Bertz CT molecular complexity index is 1080. The van der Waals surface area contributed by atoms with Gasteiger partial charge in [0, 0.05) is 22.4 Å². The van der Waals surface area contributed by atoms with Crippen LogP contribution in [-0.4, -0.2) is 0 Å². The molecule has 1 unspecified atom stereocenters. The molecule has 0 saturated carbocycles. The van der Waals surface area contributed by atoms with Gasteiger partial charge >= 0.3 is 0 Å². The van der Waals surface area contributed by atoms with E-state index in [1.807, 2.05) is 12.1 Å². The van der Waals surface area contributed by atoms with Crippen LogP contribution in [0.4, 0.5) is 0 Å². The molecule has 126 valence electrons. The highest BCUT2D eigenvalue weighted by molar-refractivity contribution is 6.30. The number of fused-ring (bicyclic) bond motifs is 3. The van der Waals surface area contributed by atoms with E-state index >= 15 is 0 Å². The molecule has 2 heteroatoms. The van der Waals surface area contributed by atoms with Crippen molar-refractivity contribution in [3.63, 3.8) is 0 Å². The lowest BCUT2D eigenvalue weighted by atomic mass is 9.92. The first-order valence-corrected chi connectivity index (χ1v) is 9.19. The Morgan fingerprint density at radius 2 is 1.54 bits per heavy atom. The summed E-state index contributed by atoms with van der Waals surface area (Å²) < 4.78 is 6.47. The third-order valence-electron chi connectivity index (χ3n) is 5.08. The van der Waals surface area contributed by atoms with Crippen LogP contribution in [0.1, 0.15) is 17.2 Å². The Balaban J connectivity index is 1.68. The molecule has 0 radical (unpaired) electrons. The minimum Gasteiger partial charge on any atom is -0.484 e. The van der Waals surface area contributed by atoms with E-state index in [4.69, 9.17) is 16.3 Å². The molecule has 1 aliphatic rings. The summed E-state index contributed by atoms with van der Waals surface area (Å²) in [5, 5.41) is 3.14. The van der Waals surface area contributed by atoms with Gasteiger partial charge in [-0.25, -0.2) is 0 Å². The van der Waals surface area contributed by atoms with Gasteiger partial charge in [-0.3, -0.25) is 0 Å². The molecule has 4 aromatic rings. The number of rotatable bonds is 2. The summed E-state index contributed by atoms with van der Waals surface area (Å²) in [6, 6.07) is 29.3. The summed E-state index contributed by atoms with van der Waals surface area (Å²) in [4.78, 5) is 0. The Morgan fingerprint density at radius 1 is 0.808 bits per heavy atom. The highest BCUT2D eigenvalue weighted by atomic mass is 35.5. The molecule has 4 aromatic carbocycles. The molecule has 0 aromatic heterocycles. The topological polar surface area (TPSA) is 9.23 Å². The normalized spacial score (nSPS) is 15.7. The van der Waals surface area contributed by atoms with Crippen molar-refractivity contribution in [3.8, 4) is 16.9 Å². The number of hydrogen-bond acceptors (Lipinski definition) is 1. The van der Waals surface area contributed by atoms with Crippen molar-refractivity contribution in [2.45, 2.75) is 12.5 Å². The molecule has 0 amide bonds. The van der Waals surface area contributed by atoms with Crippen molar-refractivity contribution in [1.82, 2.24) is 0 Å². The molecule has 0 saturated heterocycles. The van der Waals surface area contributed by atoms with E-state index in [1.54, 1.807) is 0 Å². The van der Waals surface area contributed by atoms with Gasteiger partial charge in [0.15, 0.2) is 0 Å². The largest absolute Gasteiger partial charge is 0.484 e. The zero-order valence-corrected chi connectivity index (χ0v) is 14.9. The zero-order chi connectivity index (χ0) is 17.5. The van der Waals surface area contributed by atoms with Gasteiger partial charge < -0.3 is 4.74 Å². The van der Waals surface area contributed by atoms with Crippen LogP contribution in [0, 0.1) is 0 Å². The van der Waals surface area contributed by atoms with Crippen molar-refractivity contribution >= 4 is 22.4 Å². The van der Waals surface area contributed by atoms with E-state index in [-0.39, 0.29) is 6.10 Å². The molecule has 0 aliphatic carbocycles.